The van der Waals surface area contributed by atoms with Gasteiger partial charge in [0.25, 0.3) is 0 Å². The molecule has 192 valence electrons. The third-order valence-electron chi connectivity index (χ3n) is 4.88. The molecule has 2 aromatic carbocycles. The molecule has 0 radical (unpaired) electrons. The highest BCUT2D eigenvalue weighted by molar-refractivity contribution is 6.31. The van der Waals surface area contributed by atoms with E-state index in [1.54, 1.807) is 0 Å². The van der Waals surface area contributed by atoms with Crippen molar-refractivity contribution >= 4 is 40.2 Å². The molecule has 0 saturated carbocycles. The number of aromatic nitrogens is 1. The van der Waals surface area contributed by atoms with Gasteiger partial charge in [-0.2, -0.15) is 13.2 Å². The first-order valence-corrected chi connectivity index (χ1v) is 10.9. The zero-order valence-electron chi connectivity index (χ0n) is 18.5. The SMILES string of the molecule is O=C(Nc1cc2cc(F)ccc2cn1)OCCN(NCc1cccc(F)c1Cl)C(=O)CCC(F)(F)F. The Hall–Kier alpha value is -3.51. The maximum absolute atomic E-state index is 13.6. The van der Waals surface area contributed by atoms with Crippen molar-refractivity contribution in [3.63, 3.8) is 0 Å². The Bertz CT molecular complexity index is 1240. The van der Waals surface area contributed by atoms with E-state index >= 15 is 0 Å². The molecule has 1 heterocycles. The molecule has 2 amide bonds. The summed E-state index contributed by atoms with van der Waals surface area (Å²) in [5, 5.41) is 4.12. The Morgan fingerprint density at radius 3 is 2.61 bits per heavy atom. The molecule has 36 heavy (non-hydrogen) atoms. The first kappa shape index (κ1) is 27.1. The van der Waals surface area contributed by atoms with Crippen molar-refractivity contribution in [2.24, 2.45) is 0 Å². The lowest BCUT2D eigenvalue weighted by molar-refractivity contribution is -0.151. The Balaban J connectivity index is 1.58. The van der Waals surface area contributed by atoms with Crippen molar-refractivity contribution in [3.05, 3.63) is 70.9 Å². The molecule has 13 heteroatoms. The number of rotatable bonds is 9. The highest BCUT2D eigenvalue weighted by Gasteiger charge is 2.29. The lowest BCUT2D eigenvalue weighted by Crippen LogP contribution is -2.45. The summed E-state index contributed by atoms with van der Waals surface area (Å²) >= 11 is 5.87. The van der Waals surface area contributed by atoms with E-state index in [1.807, 2.05) is 0 Å². The summed E-state index contributed by atoms with van der Waals surface area (Å²) in [4.78, 5) is 28.5. The molecule has 0 saturated heterocycles. The van der Waals surface area contributed by atoms with Crippen LogP contribution in [0.2, 0.25) is 5.02 Å². The number of amides is 2. The normalized spacial score (nSPS) is 11.4. The minimum absolute atomic E-state index is 0.0788. The summed E-state index contributed by atoms with van der Waals surface area (Å²) in [6.45, 7) is -0.874. The van der Waals surface area contributed by atoms with Crippen LogP contribution in [0.3, 0.4) is 0 Å². The van der Waals surface area contributed by atoms with Gasteiger partial charge in [-0.3, -0.25) is 15.1 Å². The number of benzene rings is 2. The number of ether oxygens (including phenoxy) is 1. The number of pyridine rings is 1. The standard InChI is InChI=1S/C23H20ClF5N4O3/c24-21-15(2-1-3-18(21)26)13-31-33(20(34)6-7-23(27,28)29)8-9-36-22(35)32-19-11-16-10-17(25)5-4-14(16)12-30-19/h1-5,10-12,31H,6-9,13H2,(H,30,32,35). The van der Waals surface area contributed by atoms with Gasteiger partial charge in [-0.15, -0.1) is 0 Å². The second-order valence-electron chi connectivity index (χ2n) is 7.53. The fourth-order valence-electron chi connectivity index (χ4n) is 3.09. The molecule has 0 aliphatic rings. The van der Waals surface area contributed by atoms with Crippen LogP contribution in [0, 0.1) is 11.6 Å². The van der Waals surface area contributed by atoms with Gasteiger partial charge in [-0.25, -0.2) is 24.0 Å². The number of hydrazine groups is 1. The minimum atomic E-state index is -4.54. The number of nitrogens with zero attached hydrogens (tertiary/aromatic N) is 2. The molecule has 1 aromatic heterocycles. The molecule has 0 atom stereocenters. The molecule has 0 unspecified atom stereocenters. The number of alkyl halides is 3. The number of anilines is 1. The highest BCUT2D eigenvalue weighted by atomic mass is 35.5. The van der Waals surface area contributed by atoms with E-state index in [4.69, 9.17) is 16.3 Å². The van der Waals surface area contributed by atoms with Gasteiger partial charge in [-0.1, -0.05) is 23.7 Å². The van der Waals surface area contributed by atoms with Crippen LogP contribution in [0.25, 0.3) is 10.8 Å². The summed E-state index contributed by atoms with van der Waals surface area (Å²) in [5.74, 6) is -2.00. The zero-order chi connectivity index (χ0) is 26.3. The average molecular weight is 531 g/mol. The summed E-state index contributed by atoms with van der Waals surface area (Å²) in [6.07, 6.45) is -6.27. The van der Waals surface area contributed by atoms with Crippen molar-refractivity contribution in [3.8, 4) is 0 Å². The van der Waals surface area contributed by atoms with Gasteiger partial charge in [0.1, 0.15) is 24.1 Å². The minimum Gasteiger partial charge on any atom is -0.447 e. The van der Waals surface area contributed by atoms with Gasteiger partial charge >= 0.3 is 12.3 Å². The lowest BCUT2D eigenvalue weighted by atomic mass is 10.2. The second-order valence-corrected chi connectivity index (χ2v) is 7.91. The van der Waals surface area contributed by atoms with Crippen molar-refractivity contribution in [1.82, 2.24) is 15.4 Å². The number of nitrogens with one attached hydrogen (secondary N) is 2. The third-order valence-corrected chi connectivity index (χ3v) is 5.30. The monoisotopic (exact) mass is 530 g/mol. The molecule has 0 spiro atoms. The maximum atomic E-state index is 13.6. The Morgan fingerprint density at radius 2 is 1.86 bits per heavy atom. The summed E-state index contributed by atoms with van der Waals surface area (Å²) in [5.41, 5.74) is 2.86. The highest BCUT2D eigenvalue weighted by Crippen LogP contribution is 2.22. The van der Waals surface area contributed by atoms with E-state index in [0.29, 0.717) is 10.8 Å². The maximum Gasteiger partial charge on any atom is 0.412 e. The Morgan fingerprint density at radius 1 is 1.08 bits per heavy atom. The van der Waals surface area contributed by atoms with Crippen molar-refractivity contribution in [2.45, 2.75) is 25.6 Å². The van der Waals surface area contributed by atoms with E-state index < -0.39 is 49.3 Å². The van der Waals surface area contributed by atoms with E-state index in [2.05, 4.69) is 15.7 Å². The van der Waals surface area contributed by atoms with Crippen molar-refractivity contribution in [1.29, 1.82) is 0 Å². The van der Waals surface area contributed by atoms with Gasteiger partial charge in [0.15, 0.2) is 0 Å². The Kier molecular flexibility index (Phi) is 8.99. The topological polar surface area (TPSA) is 83.6 Å². The van der Waals surface area contributed by atoms with Crippen LogP contribution in [-0.2, 0) is 16.1 Å². The predicted octanol–water partition coefficient (Wildman–Crippen LogP) is 5.59. The molecule has 3 rings (SSSR count). The number of hydrogen-bond donors (Lipinski definition) is 2. The van der Waals surface area contributed by atoms with Crippen LogP contribution in [0.1, 0.15) is 18.4 Å². The third kappa shape index (κ3) is 8.02. The Labute approximate surface area is 207 Å². The lowest BCUT2D eigenvalue weighted by Gasteiger charge is -2.24. The smallest absolute Gasteiger partial charge is 0.412 e. The van der Waals surface area contributed by atoms with Crippen molar-refractivity contribution in [2.75, 3.05) is 18.5 Å². The molecule has 0 aliphatic carbocycles. The van der Waals surface area contributed by atoms with E-state index in [9.17, 15) is 31.5 Å². The van der Waals surface area contributed by atoms with Crippen LogP contribution in [0.15, 0.2) is 48.7 Å². The average Bonchev–Trinajstić information content (AvgIpc) is 2.81. The molecule has 0 fully saturated rings. The molecule has 7 nitrogen and oxygen atoms in total. The van der Waals surface area contributed by atoms with Gasteiger partial charge in [0.2, 0.25) is 5.91 Å². The second kappa shape index (κ2) is 12.0. The molecular weight excluding hydrogens is 511 g/mol. The van der Waals surface area contributed by atoms with E-state index in [-0.39, 0.29) is 29.5 Å². The molecule has 2 N–H and O–H groups in total. The quantitative estimate of drug-likeness (QED) is 0.278. The van der Waals surface area contributed by atoms with Crippen LogP contribution in [-0.4, -0.2) is 41.3 Å². The summed E-state index contributed by atoms with van der Waals surface area (Å²) in [6, 6.07) is 9.47. The molecule has 0 aliphatic heterocycles. The van der Waals surface area contributed by atoms with Crippen LogP contribution in [0.5, 0.6) is 0 Å². The van der Waals surface area contributed by atoms with E-state index in [0.717, 1.165) is 11.1 Å². The van der Waals surface area contributed by atoms with Gasteiger partial charge in [-0.05, 0) is 41.3 Å². The predicted molar refractivity (Wildman–Crippen MR) is 122 cm³/mol. The first-order chi connectivity index (χ1) is 17.0. The van der Waals surface area contributed by atoms with Gasteiger partial charge in [0.05, 0.1) is 18.0 Å². The van der Waals surface area contributed by atoms with E-state index in [1.165, 1.54) is 42.6 Å². The van der Waals surface area contributed by atoms with Gasteiger partial charge in [0, 0.05) is 24.5 Å². The number of halogens is 6. The first-order valence-electron chi connectivity index (χ1n) is 10.5. The molecule has 3 aromatic rings. The number of carbonyl (C=O) groups is 2. The van der Waals surface area contributed by atoms with Gasteiger partial charge < -0.3 is 4.74 Å². The number of carbonyl (C=O) groups excluding carboxylic acids is 2. The summed E-state index contributed by atoms with van der Waals surface area (Å²) < 4.78 is 69.7. The fraction of sp³-hybridized carbons (Fsp3) is 0.261. The van der Waals surface area contributed by atoms with Crippen LogP contribution >= 0.6 is 11.6 Å². The molecular formula is C23H20ClF5N4O3. The van der Waals surface area contributed by atoms with Crippen LogP contribution in [0.4, 0.5) is 32.6 Å². The largest absolute Gasteiger partial charge is 0.447 e. The van der Waals surface area contributed by atoms with Crippen LogP contribution < -0.4 is 10.7 Å². The fourth-order valence-corrected chi connectivity index (χ4v) is 3.28. The molecule has 0 bridgehead atoms. The summed E-state index contributed by atoms with van der Waals surface area (Å²) in [7, 11) is 0. The van der Waals surface area contributed by atoms with Crippen molar-refractivity contribution < 1.29 is 36.3 Å². The number of fused-ring (bicyclic) bond motifs is 1. The zero-order valence-corrected chi connectivity index (χ0v) is 19.3. The number of hydrogen-bond acceptors (Lipinski definition) is 5.